The Hall–Kier alpha value is -3.52. The predicted octanol–water partition coefficient (Wildman–Crippen LogP) is 3.14. The fourth-order valence-electron chi connectivity index (χ4n) is 5.01. The maximum atomic E-state index is 13.5. The fourth-order valence-corrected chi connectivity index (χ4v) is 5.01. The molecule has 176 valence electrons. The second-order valence-electron chi connectivity index (χ2n) is 8.83. The number of carbonyl (C=O) groups is 1. The largest absolute Gasteiger partial charge is 0.353 e. The molecule has 1 atom stereocenters. The highest BCUT2D eigenvalue weighted by atomic mass is 19.1. The number of halogens is 1. The lowest BCUT2D eigenvalue weighted by atomic mass is 10.2. The zero-order valence-corrected chi connectivity index (χ0v) is 19.2. The van der Waals surface area contributed by atoms with Crippen LogP contribution in [0.5, 0.6) is 0 Å². The number of hydrogen-bond donors (Lipinski definition) is 1. The number of likely N-dealkylation sites (N-methyl/N-ethyl adjacent to an activating group) is 1. The van der Waals surface area contributed by atoms with Crippen LogP contribution < -0.4 is 10.9 Å². The van der Waals surface area contributed by atoms with Gasteiger partial charge in [-0.2, -0.15) is 5.10 Å². The molecule has 1 amide bonds. The Bertz CT molecular complexity index is 1390. The lowest BCUT2D eigenvalue weighted by molar-refractivity contribution is -0.122. The van der Waals surface area contributed by atoms with Gasteiger partial charge in [0.1, 0.15) is 17.9 Å². The van der Waals surface area contributed by atoms with E-state index in [1.165, 1.54) is 16.8 Å². The van der Waals surface area contributed by atoms with Crippen LogP contribution in [0.4, 0.5) is 4.39 Å². The number of likely N-dealkylation sites (tertiary alicyclic amines) is 1. The Morgan fingerprint density at radius 2 is 1.94 bits per heavy atom. The van der Waals surface area contributed by atoms with Gasteiger partial charge in [-0.3, -0.25) is 14.5 Å². The Kier molecular flexibility index (Phi) is 6.15. The second kappa shape index (κ2) is 9.38. The van der Waals surface area contributed by atoms with Gasteiger partial charge in [0.25, 0.3) is 5.56 Å². The molecule has 0 spiro atoms. The standard InChI is InChI=1S/C26H28FN5O2/c1-2-30-13-5-6-20(30)14-28-24(33)17-32-26(34)25-22(15-29-32)21-7-3-4-8-23(21)31(25)16-18-9-11-19(27)12-10-18/h3-4,7-12,15,20H,2,5-6,13-14,16-17H2,1H3,(H,28,33). The quantitative estimate of drug-likeness (QED) is 0.459. The Morgan fingerprint density at radius 1 is 1.15 bits per heavy atom. The smallest absolute Gasteiger partial charge is 0.291 e. The van der Waals surface area contributed by atoms with Crippen molar-refractivity contribution in [3.05, 3.63) is 76.5 Å². The lowest BCUT2D eigenvalue weighted by Gasteiger charge is -2.22. The van der Waals surface area contributed by atoms with Crippen molar-refractivity contribution in [2.24, 2.45) is 0 Å². The van der Waals surface area contributed by atoms with Crippen molar-refractivity contribution in [2.75, 3.05) is 19.6 Å². The number of hydrogen-bond acceptors (Lipinski definition) is 4. The number of aromatic nitrogens is 3. The van der Waals surface area contributed by atoms with E-state index in [2.05, 4.69) is 22.2 Å². The van der Waals surface area contributed by atoms with E-state index in [1.54, 1.807) is 18.3 Å². The highest BCUT2D eigenvalue weighted by Crippen LogP contribution is 2.27. The molecule has 1 unspecified atom stereocenters. The molecular weight excluding hydrogens is 433 g/mol. The molecule has 0 aliphatic carbocycles. The van der Waals surface area contributed by atoms with Crippen molar-refractivity contribution in [1.29, 1.82) is 0 Å². The number of fused-ring (bicyclic) bond motifs is 3. The van der Waals surface area contributed by atoms with Crippen LogP contribution in [0.1, 0.15) is 25.3 Å². The van der Waals surface area contributed by atoms with E-state index in [1.807, 2.05) is 28.8 Å². The number of amides is 1. The van der Waals surface area contributed by atoms with Gasteiger partial charge in [-0.05, 0) is 49.7 Å². The molecule has 1 aliphatic heterocycles. The molecule has 1 N–H and O–H groups in total. The molecule has 1 fully saturated rings. The summed E-state index contributed by atoms with van der Waals surface area (Å²) in [6.45, 7) is 5.01. The summed E-state index contributed by atoms with van der Waals surface area (Å²) in [7, 11) is 0. The molecule has 1 saturated heterocycles. The number of benzene rings is 2. The van der Waals surface area contributed by atoms with Crippen LogP contribution in [0, 0.1) is 5.82 Å². The van der Waals surface area contributed by atoms with E-state index in [9.17, 15) is 14.0 Å². The van der Waals surface area contributed by atoms with Crippen molar-refractivity contribution in [1.82, 2.24) is 24.6 Å². The zero-order chi connectivity index (χ0) is 23.7. The molecule has 2 aromatic heterocycles. The SMILES string of the molecule is CCN1CCCC1CNC(=O)Cn1ncc2c3ccccc3n(Cc3ccc(F)cc3)c2c1=O. The normalized spacial score (nSPS) is 16.5. The minimum absolute atomic E-state index is 0.133. The monoisotopic (exact) mass is 461 g/mol. The summed E-state index contributed by atoms with van der Waals surface area (Å²) in [5, 5.41) is 8.94. The first-order chi connectivity index (χ1) is 16.5. The summed E-state index contributed by atoms with van der Waals surface area (Å²) < 4.78 is 16.6. The van der Waals surface area contributed by atoms with Crippen molar-refractivity contribution in [2.45, 2.75) is 38.9 Å². The maximum Gasteiger partial charge on any atom is 0.291 e. The van der Waals surface area contributed by atoms with E-state index in [-0.39, 0.29) is 23.8 Å². The second-order valence-corrected chi connectivity index (χ2v) is 8.83. The predicted molar refractivity (Wildman–Crippen MR) is 130 cm³/mol. The molecular formula is C26H28FN5O2. The molecule has 0 saturated carbocycles. The molecule has 2 aromatic carbocycles. The van der Waals surface area contributed by atoms with Crippen molar-refractivity contribution < 1.29 is 9.18 Å². The molecule has 3 heterocycles. The molecule has 4 aromatic rings. The topological polar surface area (TPSA) is 72.2 Å². The molecule has 0 bridgehead atoms. The third-order valence-corrected chi connectivity index (χ3v) is 6.76. The number of para-hydroxylation sites is 1. The summed E-state index contributed by atoms with van der Waals surface area (Å²) in [4.78, 5) is 28.5. The highest BCUT2D eigenvalue weighted by Gasteiger charge is 2.23. The highest BCUT2D eigenvalue weighted by molar-refractivity contribution is 6.07. The van der Waals surface area contributed by atoms with Crippen LogP contribution in [0.15, 0.2) is 59.5 Å². The van der Waals surface area contributed by atoms with Crippen LogP contribution in [0.25, 0.3) is 21.8 Å². The van der Waals surface area contributed by atoms with Crippen molar-refractivity contribution in [3.8, 4) is 0 Å². The Labute approximate surface area is 196 Å². The van der Waals surface area contributed by atoms with Gasteiger partial charge < -0.3 is 9.88 Å². The van der Waals surface area contributed by atoms with Crippen LogP contribution in [0.3, 0.4) is 0 Å². The van der Waals surface area contributed by atoms with Gasteiger partial charge >= 0.3 is 0 Å². The fraction of sp³-hybridized carbons (Fsp3) is 0.346. The molecule has 5 rings (SSSR count). The number of nitrogens with one attached hydrogen (secondary N) is 1. The summed E-state index contributed by atoms with van der Waals surface area (Å²) >= 11 is 0. The van der Waals surface area contributed by atoms with Gasteiger partial charge in [-0.25, -0.2) is 9.07 Å². The summed E-state index contributed by atoms with van der Waals surface area (Å²) in [5.74, 6) is -0.527. The maximum absolute atomic E-state index is 13.5. The summed E-state index contributed by atoms with van der Waals surface area (Å²) in [6.07, 6.45) is 3.87. The van der Waals surface area contributed by atoms with Gasteiger partial charge in [0.2, 0.25) is 5.91 Å². The third-order valence-electron chi connectivity index (χ3n) is 6.76. The van der Waals surface area contributed by atoms with Crippen molar-refractivity contribution >= 4 is 27.7 Å². The summed E-state index contributed by atoms with van der Waals surface area (Å²) in [5.41, 5.74) is 1.94. The van der Waals surface area contributed by atoms with E-state index < -0.39 is 0 Å². The Balaban J connectivity index is 1.45. The molecule has 8 heteroatoms. The van der Waals surface area contributed by atoms with Crippen LogP contribution in [-0.2, 0) is 17.9 Å². The van der Waals surface area contributed by atoms with Crippen LogP contribution in [-0.4, -0.2) is 50.8 Å². The van der Waals surface area contributed by atoms with Gasteiger partial charge in [-0.15, -0.1) is 0 Å². The van der Waals surface area contributed by atoms with E-state index in [0.717, 1.165) is 47.8 Å². The zero-order valence-electron chi connectivity index (χ0n) is 19.2. The van der Waals surface area contributed by atoms with Crippen LogP contribution >= 0.6 is 0 Å². The Morgan fingerprint density at radius 3 is 2.74 bits per heavy atom. The molecule has 1 aliphatic rings. The van der Waals surface area contributed by atoms with Gasteiger partial charge in [-0.1, -0.05) is 37.3 Å². The van der Waals surface area contributed by atoms with E-state index in [0.29, 0.717) is 24.6 Å². The van der Waals surface area contributed by atoms with Gasteiger partial charge in [0.15, 0.2) is 0 Å². The first kappa shape index (κ1) is 22.3. The first-order valence-corrected chi connectivity index (χ1v) is 11.8. The number of rotatable bonds is 7. The molecule has 7 nitrogen and oxygen atoms in total. The average molecular weight is 462 g/mol. The van der Waals surface area contributed by atoms with Crippen LogP contribution in [0.2, 0.25) is 0 Å². The third kappa shape index (κ3) is 4.21. The van der Waals surface area contributed by atoms with E-state index >= 15 is 0 Å². The minimum atomic E-state index is -0.318. The summed E-state index contributed by atoms with van der Waals surface area (Å²) in [6, 6.07) is 14.4. The van der Waals surface area contributed by atoms with E-state index in [4.69, 9.17) is 0 Å². The van der Waals surface area contributed by atoms with Gasteiger partial charge in [0, 0.05) is 35.4 Å². The lowest BCUT2D eigenvalue weighted by Crippen LogP contribution is -2.42. The van der Waals surface area contributed by atoms with Crippen molar-refractivity contribution in [3.63, 3.8) is 0 Å². The number of carbonyl (C=O) groups excluding carboxylic acids is 1. The molecule has 0 radical (unpaired) electrons. The first-order valence-electron chi connectivity index (χ1n) is 11.8. The average Bonchev–Trinajstić information content (AvgIpc) is 3.44. The number of nitrogens with zero attached hydrogens (tertiary/aromatic N) is 4. The molecule has 34 heavy (non-hydrogen) atoms. The van der Waals surface area contributed by atoms with Gasteiger partial charge in [0.05, 0.1) is 6.20 Å². The minimum Gasteiger partial charge on any atom is -0.353 e.